The largest absolute Gasteiger partial charge is 0.396 e. The number of rotatable bonds is 5. The minimum atomic E-state index is -2.61. The second-order valence-corrected chi connectivity index (χ2v) is 6.09. The Morgan fingerprint density at radius 3 is 2.76 bits per heavy atom. The van der Waals surface area contributed by atoms with Crippen molar-refractivity contribution in [3.8, 4) is 0 Å². The number of aliphatic hydroxyl groups excluding tert-OH is 1. The Labute approximate surface area is 126 Å². The molecular weight excluding hydrogens is 298 g/mol. The van der Waals surface area contributed by atoms with Gasteiger partial charge in [0.25, 0.3) is 11.7 Å². The molecule has 116 valence electrons. The molecule has 0 radical (unpaired) electrons. The summed E-state index contributed by atoms with van der Waals surface area (Å²) in [6.45, 7) is 0.179. The van der Waals surface area contributed by atoms with E-state index in [-0.39, 0.29) is 40.9 Å². The zero-order chi connectivity index (χ0) is 15.2. The third-order valence-electron chi connectivity index (χ3n) is 3.66. The van der Waals surface area contributed by atoms with Gasteiger partial charge in [0.05, 0.1) is 5.56 Å². The number of carbonyl (C=O) groups excluding carboxylic acids is 1. The maximum atomic E-state index is 12.5. The Hall–Kier alpha value is -1.21. The molecule has 0 aliphatic heterocycles. The van der Waals surface area contributed by atoms with Crippen LogP contribution >= 0.6 is 11.8 Å². The quantitative estimate of drug-likeness (QED) is 0.820. The first kappa shape index (κ1) is 16.2. The standard InChI is InChI=1S/C14H18F2N2O2S/c15-14(16)21-13-11(2-1-7-17-13)12(20)18-10-5-3-9(8-19)4-6-10/h1-2,7,9-10,14,19H,3-6,8H2,(H,18,20). The lowest BCUT2D eigenvalue weighted by Crippen LogP contribution is -2.38. The summed E-state index contributed by atoms with van der Waals surface area (Å²) in [4.78, 5) is 16.1. The molecule has 1 aliphatic rings. The minimum Gasteiger partial charge on any atom is -0.396 e. The van der Waals surface area contributed by atoms with Crippen molar-refractivity contribution in [3.63, 3.8) is 0 Å². The second kappa shape index (κ2) is 7.70. The summed E-state index contributed by atoms with van der Waals surface area (Å²) in [6.07, 6.45) is 4.73. The van der Waals surface area contributed by atoms with Gasteiger partial charge in [0.15, 0.2) is 0 Å². The maximum Gasteiger partial charge on any atom is 0.290 e. The maximum absolute atomic E-state index is 12.5. The molecule has 1 heterocycles. The summed E-state index contributed by atoms with van der Waals surface area (Å²) < 4.78 is 24.9. The van der Waals surface area contributed by atoms with E-state index >= 15 is 0 Å². The SMILES string of the molecule is O=C(NC1CCC(CO)CC1)c1cccnc1SC(F)F. The zero-order valence-electron chi connectivity index (χ0n) is 11.5. The Morgan fingerprint density at radius 1 is 1.43 bits per heavy atom. The molecule has 1 aromatic rings. The molecule has 2 rings (SSSR count). The van der Waals surface area contributed by atoms with Crippen molar-refractivity contribution >= 4 is 17.7 Å². The molecule has 2 N–H and O–H groups in total. The van der Waals surface area contributed by atoms with Crippen LogP contribution in [0.25, 0.3) is 0 Å². The van der Waals surface area contributed by atoms with Gasteiger partial charge < -0.3 is 10.4 Å². The number of aromatic nitrogens is 1. The monoisotopic (exact) mass is 316 g/mol. The first-order valence-electron chi connectivity index (χ1n) is 6.91. The molecule has 7 heteroatoms. The lowest BCUT2D eigenvalue weighted by molar-refractivity contribution is 0.0910. The molecule has 1 amide bonds. The van der Waals surface area contributed by atoms with Gasteiger partial charge in [-0.25, -0.2) is 4.98 Å². The van der Waals surface area contributed by atoms with Gasteiger partial charge in [0, 0.05) is 18.8 Å². The van der Waals surface area contributed by atoms with Crippen molar-refractivity contribution in [2.45, 2.75) is 42.5 Å². The van der Waals surface area contributed by atoms with Crippen LogP contribution < -0.4 is 5.32 Å². The average Bonchev–Trinajstić information content (AvgIpc) is 2.48. The first-order chi connectivity index (χ1) is 10.1. The minimum absolute atomic E-state index is 0.0323. The normalized spacial score (nSPS) is 22.3. The molecule has 1 aromatic heterocycles. The van der Waals surface area contributed by atoms with Crippen LogP contribution in [0.5, 0.6) is 0 Å². The topological polar surface area (TPSA) is 62.2 Å². The lowest BCUT2D eigenvalue weighted by atomic mass is 9.86. The molecule has 0 atom stereocenters. The van der Waals surface area contributed by atoms with Crippen LogP contribution in [0, 0.1) is 5.92 Å². The van der Waals surface area contributed by atoms with Crippen molar-refractivity contribution < 1.29 is 18.7 Å². The summed E-state index contributed by atoms with van der Waals surface area (Å²) in [7, 11) is 0. The van der Waals surface area contributed by atoms with Gasteiger partial charge in [-0.05, 0) is 55.5 Å². The lowest BCUT2D eigenvalue weighted by Gasteiger charge is -2.28. The molecule has 21 heavy (non-hydrogen) atoms. The van der Waals surface area contributed by atoms with Crippen LogP contribution in [-0.2, 0) is 0 Å². The summed E-state index contributed by atoms with van der Waals surface area (Å²) in [5, 5.41) is 12.0. The summed E-state index contributed by atoms with van der Waals surface area (Å²) in [6, 6.07) is 3.10. The Kier molecular flexibility index (Phi) is 5.93. The second-order valence-electron chi connectivity index (χ2n) is 5.11. The first-order valence-corrected chi connectivity index (χ1v) is 7.79. The molecule has 1 fully saturated rings. The zero-order valence-corrected chi connectivity index (χ0v) is 12.3. The molecule has 4 nitrogen and oxygen atoms in total. The fourth-order valence-corrected chi connectivity index (χ4v) is 3.07. The molecule has 0 saturated heterocycles. The Bertz CT molecular complexity index is 480. The van der Waals surface area contributed by atoms with Crippen LogP contribution in [0.15, 0.2) is 23.4 Å². The summed E-state index contributed by atoms with van der Waals surface area (Å²) in [5.74, 6) is -2.66. The average molecular weight is 316 g/mol. The third kappa shape index (κ3) is 4.64. The van der Waals surface area contributed by atoms with Gasteiger partial charge in [-0.2, -0.15) is 8.78 Å². The third-order valence-corrected chi connectivity index (χ3v) is 4.38. The van der Waals surface area contributed by atoms with Gasteiger partial charge >= 0.3 is 0 Å². The highest BCUT2D eigenvalue weighted by Gasteiger charge is 2.24. The summed E-state index contributed by atoms with van der Waals surface area (Å²) in [5.41, 5.74) is 0.187. The number of hydrogen-bond donors (Lipinski definition) is 2. The van der Waals surface area contributed by atoms with Gasteiger partial charge in [0.1, 0.15) is 5.03 Å². The molecule has 1 aliphatic carbocycles. The molecule has 0 aromatic carbocycles. The van der Waals surface area contributed by atoms with Gasteiger partial charge in [-0.3, -0.25) is 4.79 Å². The summed E-state index contributed by atoms with van der Waals surface area (Å²) >= 11 is 0.281. The van der Waals surface area contributed by atoms with E-state index in [4.69, 9.17) is 5.11 Å². The predicted octanol–water partition coefficient (Wildman–Crippen LogP) is 2.68. The molecule has 0 bridgehead atoms. The van der Waals surface area contributed by atoms with E-state index in [0.717, 1.165) is 25.7 Å². The number of alkyl halides is 2. The molecule has 0 unspecified atom stereocenters. The Morgan fingerprint density at radius 2 is 2.14 bits per heavy atom. The number of hydrogen-bond acceptors (Lipinski definition) is 4. The van der Waals surface area contributed by atoms with E-state index in [1.165, 1.54) is 12.3 Å². The Balaban J connectivity index is 1.97. The number of thioether (sulfide) groups is 1. The van der Waals surface area contributed by atoms with E-state index in [2.05, 4.69) is 10.3 Å². The number of carbonyl (C=O) groups is 1. The van der Waals surface area contributed by atoms with E-state index in [9.17, 15) is 13.6 Å². The number of halogens is 2. The smallest absolute Gasteiger partial charge is 0.290 e. The number of nitrogens with one attached hydrogen (secondary N) is 1. The highest BCUT2D eigenvalue weighted by molar-refractivity contribution is 7.99. The van der Waals surface area contributed by atoms with Crippen LogP contribution in [0.3, 0.4) is 0 Å². The van der Waals surface area contributed by atoms with Gasteiger partial charge in [0.2, 0.25) is 0 Å². The van der Waals surface area contributed by atoms with Crippen molar-refractivity contribution in [2.75, 3.05) is 6.61 Å². The van der Waals surface area contributed by atoms with E-state index < -0.39 is 5.76 Å². The van der Waals surface area contributed by atoms with E-state index in [1.54, 1.807) is 6.07 Å². The van der Waals surface area contributed by atoms with E-state index in [1.807, 2.05) is 0 Å². The van der Waals surface area contributed by atoms with Crippen LogP contribution in [0.4, 0.5) is 8.78 Å². The van der Waals surface area contributed by atoms with Crippen molar-refractivity contribution in [1.82, 2.24) is 10.3 Å². The van der Waals surface area contributed by atoms with Crippen LogP contribution in [-0.4, -0.2) is 34.4 Å². The van der Waals surface area contributed by atoms with Crippen molar-refractivity contribution in [2.24, 2.45) is 5.92 Å². The highest BCUT2D eigenvalue weighted by atomic mass is 32.2. The number of amides is 1. The van der Waals surface area contributed by atoms with Gasteiger partial charge in [-0.15, -0.1) is 0 Å². The number of aliphatic hydroxyl groups is 1. The fraction of sp³-hybridized carbons (Fsp3) is 0.571. The van der Waals surface area contributed by atoms with Crippen molar-refractivity contribution in [1.29, 1.82) is 0 Å². The van der Waals surface area contributed by atoms with Gasteiger partial charge in [-0.1, -0.05) is 0 Å². The molecular formula is C14H18F2N2O2S. The molecule has 0 spiro atoms. The number of pyridine rings is 1. The van der Waals surface area contributed by atoms with Crippen molar-refractivity contribution in [3.05, 3.63) is 23.9 Å². The fourth-order valence-electron chi connectivity index (χ4n) is 2.49. The molecule has 1 saturated carbocycles. The van der Waals surface area contributed by atoms with Crippen LogP contribution in [0.2, 0.25) is 0 Å². The highest BCUT2D eigenvalue weighted by Crippen LogP contribution is 2.27. The van der Waals surface area contributed by atoms with E-state index in [0.29, 0.717) is 5.92 Å². The predicted molar refractivity (Wildman–Crippen MR) is 76.4 cm³/mol. The number of nitrogens with zero attached hydrogens (tertiary/aromatic N) is 1. The van der Waals surface area contributed by atoms with Crippen LogP contribution in [0.1, 0.15) is 36.0 Å².